The molecule has 0 fully saturated rings. The van der Waals surface area contributed by atoms with Gasteiger partial charge in [0.05, 0.1) is 0 Å². The zero-order valence-electron chi connectivity index (χ0n) is 9.82. The van der Waals surface area contributed by atoms with Crippen LogP contribution in [-0.4, -0.2) is 18.7 Å². The van der Waals surface area contributed by atoms with Crippen LogP contribution >= 0.6 is 0 Å². The highest BCUT2D eigenvalue weighted by molar-refractivity contribution is 5.94. The summed E-state index contributed by atoms with van der Waals surface area (Å²) >= 11 is 0. The summed E-state index contributed by atoms with van der Waals surface area (Å²) in [5.41, 5.74) is 7.12. The van der Waals surface area contributed by atoms with Crippen LogP contribution in [0.15, 0.2) is 24.3 Å². The van der Waals surface area contributed by atoms with Gasteiger partial charge in [-0.3, -0.25) is 4.79 Å². The number of nitrogens with one attached hydrogen (secondary N) is 1. The molecule has 0 atom stereocenters. The average molecular weight is 234 g/mol. The van der Waals surface area contributed by atoms with Crippen molar-refractivity contribution in [1.29, 1.82) is 0 Å². The molecule has 3 N–H and O–H groups in total. The summed E-state index contributed by atoms with van der Waals surface area (Å²) in [5, 5.41) is 2.81. The number of aldehydes is 1. The van der Waals surface area contributed by atoms with Crippen molar-refractivity contribution < 1.29 is 9.59 Å². The summed E-state index contributed by atoms with van der Waals surface area (Å²) in [4.78, 5) is 21.8. The van der Waals surface area contributed by atoms with Crippen LogP contribution in [0.25, 0.3) is 0 Å². The largest absolute Gasteiger partial charge is 0.352 e. The quantitative estimate of drug-likeness (QED) is 0.551. The Morgan fingerprint density at radius 2 is 1.94 bits per heavy atom. The van der Waals surface area contributed by atoms with E-state index in [4.69, 9.17) is 5.73 Å². The molecule has 4 nitrogen and oxygen atoms in total. The fourth-order valence-electron chi connectivity index (χ4n) is 1.45. The molecule has 92 valence electrons. The Morgan fingerprint density at radius 1 is 1.24 bits per heavy atom. The molecule has 0 heterocycles. The third kappa shape index (κ3) is 4.78. The monoisotopic (exact) mass is 234 g/mol. The highest BCUT2D eigenvalue weighted by atomic mass is 16.1. The van der Waals surface area contributed by atoms with Crippen LogP contribution in [0.4, 0.5) is 0 Å². The predicted octanol–water partition coefficient (Wildman–Crippen LogP) is 1.24. The molecule has 0 spiro atoms. The lowest BCUT2D eigenvalue weighted by molar-refractivity contribution is -0.107. The zero-order valence-corrected chi connectivity index (χ0v) is 9.82. The first kappa shape index (κ1) is 13.4. The minimum atomic E-state index is -0.0836. The first-order chi connectivity index (χ1) is 8.27. The number of carbonyl (C=O) groups is 2. The molecule has 1 aromatic rings. The van der Waals surface area contributed by atoms with Crippen molar-refractivity contribution in [2.75, 3.05) is 6.54 Å². The Balaban J connectivity index is 2.33. The number of benzene rings is 1. The minimum absolute atomic E-state index is 0.0836. The van der Waals surface area contributed by atoms with E-state index in [-0.39, 0.29) is 5.91 Å². The Labute approximate surface area is 101 Å². The lowest BCUT2D eigenvalue weighted by Gasteiger charge is -2.05. The van der Waals surface area contributed by atoms with E-state index in [9.17, 15) is 9.59 Å². The van der Waals surface area contributed by atoms with Crippen molar-refractivity contribution in [2.24, 2.45) is 5.73 Å². The molecule has 0 saturated carbocycles. The van der Waals surface area contributed by atoms with E-state index in [1.165, 1.54) is 0 Å². The van der Waals surface area contributed by atoms with Gasteiger partial charge in [0.25, 0.3) is 5.91 Å². The number of carbonyl (C=O) groups excluding carboxylic acids is 2. The molecule has 0 radical (unpaired) electrons. The summed E-state index contributed by atoms with van der Waals surface area (Å²) in [6.45, 7) is 1.08. The molecule has 0 aromatic heterocycles. The molecule has 0 unspecified atom stereocenters. The number of hydrogen-bond donors (Lipinski definition) is 2. The van der Waals surface area contributed by atoms with Crippen LogP contribution < -0.4 is 11.1 Å². The zero-order chi connectivity index (χ0) is 12.5. The molecule has 17 heavy (non-hydrogen) atoms. The van der Waals surface area contributed by atoms with Crippen LogP contribution in [0.5, 0.6) is 0 Å². The van der Waals surface area contributed by atoms with Crippen LogP contribution in [0.3, 0.4) is 0 Å². The maximum atomic E-state index is 11.7. The van der Waals surface area contributed by atoms with Gasteiger partial charge < -0.3 is 15.8 Å². The van der Waals surface area contributed by atoms with Crippen molar-refractivity contribution >= 4 is 12.2 Å². The molecule has 1 aromatic carbocycles. The third-order valence-corrected chi connectivity index (χ3v) is 2.49. The van der Waals surface area contributed by atoms with Gasteiger partial charge in [0.2, 0.25) is 0 Å². The predicted molar refractivity (Wildman–Crippen MR) is 66.6 cm³/mol. The molecule has 0 bridgehead atoms. The van der Waals surface area contributed by atoms with Crippen LogP contribution in [-0.2, 0) is 11.3 Å². The topological polar surface area (TPSA) is 72.2 Å². The van der Waals surface area contributed by atoms with E-state index in [0.29, 0.717) is 25.1 Å². The highest BCUT2D eigenvalue weighted by Crippen LogP contribution is 2.03. The van der Waals surface area contributed by atoms with Crippen molar-refractivity contribution in [3.8, 4) is 0 Å². The Morgan fingerprint density at radius 3 is 2.53 bits per heavy atom. The first-order valence-electron chi connectivity index (χ1n) is 5.78. The fourth-order valence-corrected chi connectivity index (χ4v) is 1.45. The molecular formula is C13H18N2O2. The Hall–Kier alpha value is -1.68. The van der Waals surface area contributed by atoms with Crippen LogP contribution in [0, 0.1) is 0 Å². The second-order valence-electron chi connectivity index (χ2n) is 3.82. The third-order valence-electron chi connectivity index (χ3n) is 2.49. The normalized spacial score (nSPS) is 9.94. The van der Waals surface area contributed by atoms with Gasteiger partial charge in [-0.25, -0.2) is 0 Å². The molecule has 1 amide bonds. The van der Waals surface area contributed by atoms with Gasteiger partial charge >= 0.3 is 0 Å². The van der Waals surface area contributed by atoms with Gasteiger partial charge in [0.15, 0.2) is 0 Å². The number of unbranched alkanes of at least 4 members (excludes halogenated alkanes) is 2. The average Bonchev–Trinajstić information content (AvgIpc) is 2.38. The van der Waals surface area contributed by atoms with Crippen molar-refractivity contribution in [3.63, 3.8) is 0 Å². The maximum absolute atomic E-state index is 11.7. The second-order valence-corrected chi connectivity index (χ2v) is 3.82. The minimum Gasteiger partial charge on any atom is -0.352 e. The summed E-state index contributed by atoms with van der Waals surface area (Å²) < 4.78 is 0. The Kier molecular flexibility index (Phi) is 5.96. The van der Waals surface area contributed by atoms with Crippen LogP contribution in [0.2, 0.25) is 0 Å². The standard InChI is InChI=1S/C13H18N2O2/c14-10-11-4-6-12(7-5-11)13(17)15-8-2-1-3-9-16/h4-7,9H,1-3,8,10,14H2,(H,15,17). The summed E-state index contributed by atoms with van der Waals surface area (Å²) in [7, 11) is 0. The van der Waals surface area contributed by atoms with Gasteiger partial charge in [-0.15, -0.1) is 0 Å². The summed E-state index contributed by atoms with van der Waals surface area (Å²) in [6, 6.07) is 7.23. The van der Waals surface area contributed by atoms with Crippen molar-refractivity contribution in [2.45, 2.75) is 25.8 Å². The van der Waals surface area contributed by atoms with Gasteiger partial charge in [-0.2, -0.15) is 0 Å². The Bertz CT molecular complexity index is 360. The SMILES string of the molecule is NCc1ccc(C(=O)NCCCCC=O)cc1. The number of amides is 1. The number of rotatable bonds is 7. The lowest BCUT2D eigenvalue weighted by atomic mass is 10.1. The van der Waals surface area contributed by atoms with E-state index in [0.717, 1.165) is 24.7 Å². The highest BCUT2D eigenvalue weighted by Gasteiger charge is 2.03. The fraction of sp³-hybridized carbons (Fsp3) is 0.385. The van der Waals surface area contributed by atoms with Crippen molar-refractivity contribution in [1.82, 2.24) is 5.32 Å². The maximum Gasteiger partial charge on any atom is 0.251 e. The number of nitrogens with two attached hydrogens (primary N) is 1. The van der Waals surface area contributed by atoms with E-state index in [1.54, 1.807) is 12.1 Å². The van der Waals surface area contributed by atoms with Gasteiger partial charge in [0.1, 0.15) is 6.29 Å². The van der Waals surface area contributed by atoms with E-state index in [1.807, 2.05) is 12.1 Å². The first-order valence-corrected chi connectivity index (χ1v) is 5.78. The molecule has 4 heteroatoms. The van der Waals surface area contributed by atoms with Gasteiger partial charge in [-0.05, 0) is 30.5 Å². The smallest absolute Gasteiger partial charge is 0.251 e. The van der Waals surface area contributed by atoms with Gasteiger partial charge in [-0.1, -0.05) is 12.1 Å². The lowest BCUT2D eigenvalue weighted by Crippen LogP contribution is -2.24. The molecule has 0 aliphatic carbocycles. The summed E-state index contributed by atoms with van der Waals surface area (Å²) in [5.74, 6) is -0.0836. The van der Waals surface area contributed by atoms with Gasteiger partial charge in [0, 0.05) is 25.1 Å². The van der Waals surface area contributed by atoms with Crippen molar-refractivity contribution in [3.05, 3.63) is 35.4 Å². The molecular weight excluding hydrogens is 216 g/mol. The molecule has 0 aliphatic rings. The second kappa shape index (κ2) is 7.57. The van der Waals surface area contributed by atoms with E-state index < -0.39 is 0 Å². The number of hydrogen-bond acceptors (Lipinski definition) is 3. The van der Waals surface area contributed by atoms with Crippen LogP contribution in [0.1, 0.15) is 35.2 Å². The molecule has 0 saturated heterocycles. The van der Waals surface area contributed by atoms with E-state index in [2.05, 4.69) is 5.32 Å². The van der Waals surface area contributed by atoms with E-state index >= 15 is 0 Å². The molecule has 0 aliphatic heterocycles. The summed E-state index contributed by atoms with van der Waals surface area (Å²) in [6.07, 6.45) is 3.09. The molecule has 1 rings (SSSR count).